The molecule has 0 unspecified atom stereocenters. The third-order valence-corrected chi connectivity index (χ3v) is 2.12. The molecule has 0 bridgehead atoms. The standard InChI is InChI=1S/C12H8N6/c13-7-10(8-14)9-15-11-2-1-3-12(6-11)18-16-4-5-17-18/h1-6,9,15H. The van der Waals surface area contributed by atoms with E-state index in [0.717, 1.165) is 11.4 Å². The third-order valence-electron chi connectivity index (χ3n) is 2.12. The maximum atomic E-state index is 8.60. The molecule has 2 aromatic rings. The molecule has 6 nitrogen and oxygen atoms in total. The lowest BCUT2D eigenvalue weighted by Gasteiger charge is -2.03. The van der Waals surface area contributed by atoms with Gasteiger partial charge in [0, 0.05) is 11.9 Å². The van der Waals surface area contributed by atoms with E-state index >= 15 is 0 Å². The summed E-state index contributed by atoms with van der Waals surface area (Å²) < 4.78 is 0. The van der Waals surface area contributed by atoms with Crippen molar-refractivity contribution in [2.75, 3.05) is 5.32 Å². The van der Waals surface area contributed by atoms with Crippen molar-refractivity contribution >= 4 is 5.69 Å². The first-order chi connectivity index (χ1) is 8.83. The third kappa shape index (κ3) is 2.52. The van der Waals surface area contributed by atoms with Crippen molar-refractivity contribution < 1.29 is 0 Å². The number of hydrogen-bond acceptors (Lipinski definition) is 5. The Balaban J connectivity index is 2.22. The summed E-state index contributed by atoms with van der Waals surface area (Å²) in [5.74, 6) is 0. The minimum absolute atomic E-state index is 0.0117. The van der Waals surface area contributed by atoms with Crippen molar-refractivity contribution in [2.45, 2.75) is 0 Å². The van der Waals surface area contributed by atoms with Crippen LogP contribution in [0.25, 0.3) is 5.69 Å². The van der Waals surface area contributed by atoms with Crippen LogP contribution in [-0.4, -0.2) is 15.0 Å². The molecule has 0 amide bonds. The predicted molar refractivity (Wildman–Crippen MR) is 64.3 cm³/mol. The van der Waals surface area contributed by atoms with Gasteiger partial charge in [-0.3, -0.25) is 0 Å². The fourth-order valence-corrected chi connectivity index (χ4v) is 1.31. The van der Waals surface area contributed by atoms with Crippen LogP contribution in [0.1, 0.15) is 0 Å². The quantitative estimate of drug-likeness (QED) is 0.817. The van der Waals surface area contributed by atoms with E-state index in [0.29, 0.717) is 0 Å². The smallest absolute Gasteiger partial charge is 0.145 e. The van der Waals surface area contributed by atoms with E-state index in [-0.39, 0.29) is 5.57 Å². The van der Waals surface area contributed by atoms with Crippen LogP contribution in [0.4, 0.5) is 5.69 Å². The van der Waals surface area contributed by atoms with Gasteiger partial charge >= 0.3 is 0 Å². The number of aromatic nitrogens is 3. The minimum Gasteiger partial charge on any atom is -0.360 e. The zero-order valence-corrected chi connectivity index (χ0v) is 9.28. The van der Waals surface area contributed by atoms with Gasteiger partial charge in [-0.2, -0.15) is 25.5 Å². The molecule has 2 rings (SSSR count). The molecule has 1 aromatic carbocycles. The molecule has 0 fully saturated rings. The maximum Gasteiger partial charge on any atom is 0.145 e. The van der Waals surface area contributed by atoms with Crippen LogP contribution < -0.4 is 5.32 Å². The molecule has 0 saturated heterocycles. The van der Waals surface area contributed by atoms with Crippen LogP contribution in [0.15, 0.2) is 48.4 Å². The highest BCUT2D eigenvalue weighted by Crippen LogP contribution is 2.13. The Morgan fingerprint density at radius 1 is 1.22 bits per heavy atom. The van der Waals surface area contributed by atoms with E-state index in [1.807, 2.05) is 24.3 Å². The largest absolute Gasteiger partial charge is 0.360 e. The summed E-state index contributed by atoms with van der Waals surface area (Å²) in [4.78, 5) is 1.48. The zero-order chi connectivity index (χ0) is 12.8. The molecule has 86 valence electrons. The van der Waals surface area contributed by atoms with Gasteiger partial charge in [0.15, 0.2) is 0 Å². The normalized spacial score (nSPS) is 9.00. The Kier molecular flexibility index (Phi) is 3.34. The average Bonchev–Trinajstić information content (AvgIpc) is 2.94. The van der Waals surface area contributed by atoms with Gasteiger partial charge in [0.2, 0.25) is 0 Å². The zero-order valence-electron chi connectivity index (χ0n) is 9.28. The highest BCUT2D eigenvalue weighted by atomic mass is 15.5. The van der Waals surface area contributed by atoms with Crippen LogP contribution in [0.3, 0.4) is 0 Å². The van der Waals surface area contributed by atoms with Gasteiger partial charge in [-0.25, -0.2) is 0 Å². The molecule has 0 aliphatic rings. The average molecular weight is 236 g/mol. The lowest BCUT2D eigenvalue weighted by molar-refractivity contribution is 0.752. The van der Waals surface area contributed by atoms with E-state index in [2.05, 4.69) is 15.5 Å². The Bertz CT molecular complexity index is 626. The number of nitrogens with one attached hydrogen (secondary N) is 1. The number of hydrogen-bond donors (Lipinski definition) is 1. The van der Waals surface area contributed by atoms with Crippen LogP contribution in [-0.2, 0) is 0 Å². The first-order valence-corrected chi connectivity index (χ1v) is 5.07. The Morgan fingerprint density at radius 2 is 1.94 bits per heavy atom. The van der Waals surface area contributed by atoms with E-state index < -0.39 is 0 Å². The summed E-state index contributed by atoms with van der Waals surface area (Å²) in [5, 5.41) is 28.1. The Hall–Kier alpha value is -3.12. The summed E-state index contributed by atoms with van der Waals surface area (Å²) in [6.07, 6.45) is 4.53. The molecular weight excluding hydrogens is 228 g/mol. The second-order valence-corrected chi connectivity index (χ2v) is 3.29. The maximum absolute atomic E-state index is 8.60. The van der Waals surface area contributed by atoms with Gasteiger partial charge < -0.3 is 5.32 Å². The van der Waals surface area contributed by atoms with Crippen LogP contribution in [0, 0.1) is 22.7 Å². The topological polar surface area (TPSA) is 90.3 Å². The lowest BCUT2D eigenvalue weighted by Crippen LogP contribution is -1.99. The van der Waals surface area contributed by atoms with Gasteiger partial charge in [0.25, 0.3) is 0 Å². The number of allylic oxidation sites excluding steroid dienone is 1. The monoisotopic (exact) mass is 236 g/mol. The SMILES string of the molecule is N#CC(C#N)=CNc1cccc(-n2nccn2)c1. The minimum atomic E-state index is 0.0117. The Labute approximate surface area is 103 Å². The van der Waals surface area contributed by atoms with Crippen molar-refractivity contribution in [1.29, 1.82) is 10.5 Å². The van der Waals surface area contributed by atoms with Gasteiger partial charge in [0.1, 0.15) is 17.7 Å². The van der Waals surface area contributed by atoms with Crippen molar-refractivity contribution in [3.05, 3.63) is 48.4 Å². The first-order valence-electron chi connectivity index (χ1n) is 5.07. The van der Waals surface area contributed by atoms with E-state index in [1.54, 1.807) is 24.5 Å². The van der Waals surface area contributed by atoms with Crippen LogP contribution in [0.5, 0.6) is 0 Å². The van der Waals surface area contributed by atoms with Crippen molar-refractivity contribution in [3.63, 3.8) is 0 Å². The second-order valence-electron chi connectivity index (χ2n) is 3.29. The van der Waals surface area contributed by atoms with E-state index in [9.17, 15) is 0 Å². The molecule has 0 aliphatic carbocycles. The second kappa shape index (κ2) is 5.28. The van der Waals surface area contributed by atoms with Gasteiger partial charge in [0.05, 0.1) is 18.1 Å². The molecule has 18 heavy (non-hydrogen) atoms. The predicted octanol–water partition coefficient (Wildman–Crippen LogP) is 1.61. The summed E-state index contributed by atoms with van der Waals surface area (Å²) >= 11 is 0. The molecule has 0 atom stereocenters. The summed E-state index contributed by atoms with van der Waals surface area (Å²) in [7, 11) is 0. The molecule has 0 saturated carbocycles. The number of rotatable bonds is 3. The van der Waals surface area contributed by atoms with Crippen molar-refractivity contribution in [1.82, 2.24) is 15.0 Å². The van der Waals surface area contributed by atoms with E-state index in [1.165, 1.54) is 11.0 Å². The molecule has 1 heterocycles. The van der Waals surface area contributed by atoms with Crippen LogP contribution >= 0.6 is 0 Å². The molecule has 0 radical (unpaired) electrons. The number of benzene rings is 1. The van der Waals surface area contributed by atoms with Gasteiger partial charge in [-0.1, -0.05) is 6.07 Å². The van der Waals surface area contributed by atoms with Gasteiger partial charge in [-0.15, -0.1) is 0 Å². The molecular formula is C12H8N6. The number of nitriles is 2. The Morgan fingerprint density at radius 3 is 2.61 bits per heavy atom. The highest BCUT2D eigenvalue weighted by Gasteiger charge is 1.99. The summed E-state index contributed by atoms with van der Waals surface area (Å²) in [5.41, 5.74) is 1.54. The summed E-state index contributed by atoms with van der Waals surface area (Å²) in [6.45, 7) is 0. The molecule has 1 aromatic heterocycles. The number of anilines is 1. The van der Waals surface area contributed by atoms with E-state index in [4.69, 9.17) is 10.5 Å². The molecule has 0 spiro atoms. The fourth-order valence-electron chi connectivity index (χ4n) is 1.31. The molecule has 0 aliphatic heterocycles. The van der Waals surface area contributed by atoms with Crippen molar-refractivity contribution in [3.8, 4) is 17.8 Å². The fraction of sp³-hybridized carbons (Fsp3) is 0. The van der Waals surface area contributed by atoms with Crippen LogP contribution in [0.2, 0.25) is 0 Å². The van der Waals surface area contributed by atoms with Gasteiger partial charge in [-0.05, 0) is 18.2 Å². The summed E-state index contributed by atoms with van der Waals surface area (Å²) in [6, 6.07) is 10.8. The highest BCUT2D eigenvalue weighted by molar-refractivity contribution is 5.53. The lowest BCUT2D eigenvalue weighted by atomic mass is 10.3. The first kappa shape index (κ1) is 11.4. The number of nitrogens with zero attached hydrogens (tertiary/aromatic N) is 5. The van der Waals surface area contributed by atoms with Crippen molar-refractivity contribution in [2.24, 2.45) is 0 Å². The molecule has 6 heteroatoms. The molecule has 1 N–H and O–H groups in total.